The van der Waals surface area contributed by atoms with E-state index in [0.717, 1.165) is 30.8 Å². The Balaban J connectivity index is 1.41. The van der Waals surface area contributed by atoms with Crippen LogP contribution in [0.5, 0.6) is 0 Å². The Morgan fingerprint density at radius 3 is 2.48 bits per heavy atom. The lowest BCUT2D eigenvalue weighted by Crippen LogP contribution is -2.45. The summed E-state index contributed by atoms with van der Waals surface area (Å²) in [5, 5.41) is 14.5. The van der Waals surface area contributed by atoms with Crippen molar-refractivity contribution in [2.75, 3.05) is 26.2 Å². The van der Waals surface area contributed by atoms with Crippen LogP contribution in [0.15, 0.2) is 48.5 Å². The number of nitrogens with zero attached hydrogens (tertiary/aromatic N) is 1. The minimum atomic E-state index is -0.739. The van der Waals surface area contributed by atoms with Crippen molar-refractivity contribution in [3.63, 3.8) is 0 Å². The Labute approximate surface area is 166 Å². The lowest BCUT2D eigenvalue weighted by molar-refractivity contribution is -0.120. The normalized spacial score (nSPS) is 16.9. The van der Waals surface area contributed by atoms with Gasteiger partial charge in [0.2, 0.25) is 5.91 Å². The van der Waals surface area contributed by atoms with E-state index in [9.17, 15) is 9.90 Å². The third-order valence-corrected chi connectivity index (χ3v) is 5.70. The van der Waals surface area contributed by atoms with E-state index < -0.39 is 5.60 Å². The van der Waals surface area contributed by atoms with Crippen molar-refractivity contribution in [1.29, 1.82) is 0 Å². The molecule has 0 saturated carbocycles. The average molecular weight is 387 g/mol. The molecule has 0 radical (unpaired) electrons. The molecule has 4 nitrogen and oxygen atoms in total. The van der Waals surface area contributed by atoms with E-state index in [4.69, 9.17) is 11.6 Å². The molecule has 0 unspecified atom stereocenters. The zero-order valence-electron chi connectivity index (χ0n) is 15.7. The van der Waals surface area contributed by atoms with Crippen LogP contribution in [0.1, 0.15) is 29.5 Å². The van der Waals surface area contributed by atoms with E-state index in [1.54, 1.807) is 6.07 Å². The summed E-state index contributed by atoms with van der Waals surface area (Å²) in [4.78, 5) is 14.4. The van der Waals surface area contributed by atoms with Gasteiger partial charge in [0.15, 0.2) is 0 Å². The van der Waals surface area contributed by atoms with Crippen molar-refractivity contribution in [3.8, 4) is 0 Å². The van der Waals surface area contributed by atoms with Crippen LogP contribution < -0.4 is 5.32 Å². The van der Waals surface area contributed by atoms with Crippen molar-refractivity contribution in [1.82, 2.24) is 10.2 Å². The molecule has 1 fully saturated rings. The molecule has 0 aromatic heterocycles. The SMILES string of the molecule is Cc1ccc(C2(O)CCN(CCNC(=O)Cc3ccccc3Cl)CC2)cc1. The molecule has 2 aromatic carbocycles. The van der Waals surface area contributed by atoms with Crippen LogP contribution in [0.3, 0.4) is 0 Å². The van der Waals surface area contributed by atoms with Gasteiger partial charge in [-0.2, -0.15) is 0 Å². The predicted octanol–water partition coefficient (Wildman–Crippen LogP) is 3.29. The fourth-order valence-corrected chi connectivity index (χ4v) is 3.73. The summed E-state index contributed by atoms with van der Waals surface area (Å²) in [6.45, 7) is 5.09. The highest BCUT2D eigenvalue weighted by molar-refractivity contribution is 6.31. The number of nitrogens with one attached hydrogen (secondary N) is 1. The number of likely N-dealkylation sites (tertiary alicyclic amines) is 1. The van der Waals surface area contributed by atoms with E-state index in [2.05, 4.69) is 17.1 Å². The molecule has 1 aliphatic rings. The quantitative estimate of drug-likeness (QED) is 0.801. The molecule has 27 heavy (non-hydrogen) atoms. The standard InChI is InChI=1S/C22H27ClN2O2/c1-17-6-8-19(9-7-17)22(27)10-13-25(14-11-22)15-12-24-21(26)16-18-4-2-3-5-20(18)23/h2-9,27H,10-16H2,1H3,(H,24,26). The van der Waals surface area contributed by atoms with Crippen molar-refractivity contribution in [2.45, 2.75) is 31.8 Å². The molecule has 1 saturated heterocycles. The lowest BCUT2D eigenvalue weighted by Gasteiger charge is -2.38. The minimum absolute atomic E-state index is 0.0173. The average Bonchev–Trinajstić information content (AvgIpc) is 2.66. The van der Waals surface area contributed by atoms with Crippen LogP contribution in [-0.4, -0.2) is 42.1 Å². The van der Waals surface area contributed by atoms with Crippen LogP contribution in [0, 0.1) is 6.92 Å². The smallest absolute Gasteiger partial charge is 0.224 e. The van der Waals surface area contributed by atoms with Crippen LogP contribution in [-0.2, 0) is 16.8 Å². The molecule has 3 rings (SSSR count). The molecule has 5 heteroatoms. The summed E-state index contributed by atoms with van der Waals surface area (Å²) in [6.07, 6.45) is 1.72. The number of halogens is 1. The Morgan fingerprint density at radius 2 is 1.81 bits per heavy atom. The first kappa shape index (κ1) is 19.9. The van der Waals surface area contributed by atoms with Gasteiger partial charge >= 0.3 is 0 Å². The highest BCUT2D eigenvalue weighted by Gasteiger charge is 2.33. The summed E-state index contributed by atoms with van der Waals surface area (Å²) in [7, 11) is 0. The first-order chi connectivity index (χ1) is 13.0. The molecule has 2 N–H and O–H groups in total. The summed E-state index contributed by atoms with van der Waals surface area (Å²) < 4.78 is 0. The first-order valence-electron chi connectivity index (χ1n) is 9.48. The van der Waals surface area contributed by atoms with Gasteiger partial charge in [0.25, 0.3) is 0 Å². The summed E-state index contributed by atoms with van der Waals surface area (Å²) in [5.74, 6) is -0.0173. The predicted molar refractivity (Wildman–Crippen MR) is 109 cm³/mol. The topological polar surface area (TPSA) is 52.6 Å². The third-order valence-electron chi connectivity index (χ3n) is 5.33. The molecular formula is C22H27ClN2O2. The van der Waals surface area contributed by atoms with Crippen LogP contribution in [0.2, 0.25) is 5.02 Å². The number of aryl methyl sites for hydroxylation is 1. The number of amides is 1. The molecule has 144 valence electrons. The van der Waals surface area contributed by atoms with Gasteiger partial charge in [-0.25, -0.2) is 0 Å². The molecule has 0 aliphatic carbocycles. The zero-order chi connectivity index (χ0) is 19.3. The van der Waals surface area contributed by atoms with Crippen molar-refractivity contribution < 1.29 is 9.90 Å². The first-order valence-corrected chi connectivity index (χ1v) is 9.86. The number of piperidine rings is 1. The number of hydrogen-bond donors (Lipinski definition) is 2. The van der Waals surface area contributed by atoms with Crippen molar-refractivity contribution in [3.05, 3.63) is 70.2 Å². The molecule has 1 heterocycles. The monoisotopic (exact) mass is 386 g/mol. The number of rotatable bonds is 6. The van der Waals surface area contributed by atoms with Gasteiger partial charge in [-0.1, -0.05) is 59.6 Å². The van der Waals surface area contributed by atoms with Gasteiger partial charge in [-0.15, -0.1) is 0 Å². The molecule has 2 aromatic rings. The highest BCUT2D eigenvalue weighted by atomic mass is 35.5. The van der Waals surface area contributed by atoms with Gasteiger partial charge in [-0.05, 0) is 37.0 Å². The van der Waals surface area contributed by atoms with Crippen LogP contribution in [0.4, 0.5) is 0 Å². The summed E-state index contributed by atoms with van der Waals surface area (Å²) in [6, 6.07) is 15.6. The maximum Gasteiger partial charge on any atom is 0.224 e. The molecule has 1 aliphatic heterocycles. The van der Waals surface area contributed by atoms with E-state index in [0.29, 0.717) is 30.8 Å². The van der Waals surface area contributed by atoms with Crippen molar-refractivity contribution in [2.24, 2.45) is 0 Å². The second-order valence-corrected chi connectivity index (χ2v) is 7.76. The van der Waals surface area contributed by atoms with E-state index in [1.807, 2.05) is 42.5 Å². The molecule has 0 bridgehead atoms. The van der Waals surface area contributed by atoms with E-state index in [-0.39, 0.29) is 5.91 Å². The Bertz CT molecular complexity index is 768. The largest absolute Gasteiger partial charge is 0.385 e. The number of aliphatic hydroxyl groups is 1. The van der Waals surface area contributed by atoms with Gasteiger partial charge < -0.3 is 15.3 Å². The fraction of sp³-hybridized carbons (Fsp3) is 0.409. The number of carbonyl (C=O) groups is 1. The zero-order valence-corrected chi connectivity index (χ0v) is 16.5. The van der Waals surface area contributed by atoms with Crippen LogP contribution in [0.25, 0.3) is 0 Å². The number of benzene rings is 2. The second kappa shape index (κ2) is 8.87. The third kappa shape index (κ3) is 5.32. The van der Waals surface area contributed by atoms with Gasteiger partial charge in [0.1, 0.15) is 0 Å². The molecule has 0 atom stereocenters. The summed E-state index contributed by atoms with van der Waals surface area (Å²) in [5.41, 5.74) is 2.31. The maximum atomic E-state index is 12.1. The molecular weight excluding hydrogens is 360 g/mol. The maximum absolute atomic E-state index is 12.1. The number of hydrogen-bond acceptors (Lipinski definition) is 3. The fourth-order valence-electron chi connectivity index (χ4n) is 3.53. The van der Waals surface area contributed by atoms with E-state index in [1.165, 1.54) is 5.56 Å². The van der Waals surface area contributed by atoms with Gasteiger partial charge in [-0.3, -0.25) is 4.79 Å². The molecule has 0 spiro atoms. The highest BCUT2D eigenvalue weighted by Crippen LogP contribution is 2.32. The Kier molecular flexibility index (Phi) is 6.53. The van der Waals surface area contributed by atoms with Crippen LogP contribution >= 0.6 is 11.6 Å². The minimum Gasteiger partial charge on any atom is -0.385 e. The number of carbonyl (C=O) groups excluding carboxylic acids is 1. The summed E-state index contributed by atoms with van der Waals surface area (Å²) >= 11 is 6.10. The Morgan fingerprint density at radius 1 is 1.15 bits per heavy atom. The van der Waals surface area contributed by atoms with Gasteiger partial charge in [0, 0.05) is 31.2 Å². The molecule has 1 amide bonds. The van der Waals surface area contributed by atoms with Crippen molar-refractivity contribution >= 4 is 17.5 Å². The van der Waals surface area contributed by atoms with E-state index >= 15 is 0 Å². The lowest BCUT2D eigenvalue weighted by atomic mass is 9.84. The van der Waals surface area contributed by atoms with Gasteiger partial charge in [0.05, 0.1) is 12.0 Å². The Hall–Kier alpha value is -1.88. The second-order valence-electron chi connectivity index (χ2n) is 7.36.